The average molecular weight is 341 g/mol. The molecule has 0 saturated heterocycles. The molecule has 1 heterocycles. The topological polar surface area (TPSA) is 59.8 Å². The van der Waals surface area contributed by atoms with Gasteiger partial charge in [-0.15, -0.1) is 0 Å². The van der Waals surface area contributed by atoms with E-state index in [0.29, 0.717) is 18.0 Å². The van der Waals surface area contributed by atoms with Crippen molar-refractivity contribution >= 4 is 17.5 Å². The number of halogens is 1. The number of carbonyl (C=O) groups is 1. The van der Waals surface area contributed by atoms with Gasteiger partial charge < -0.3 is 5.32 Å². The Labute approximate surface area is 145 Å². The summed E-state index contributed by atoms with van der Waals surface area (Å²) in [5.41, 5.74) is 1.93. The lowest BCUT2D eigenvalue weighted by atomic mass is 10.1. The molecule has 0 bridgehead atoms. The highest BCUT2D eigenvalue weighted by Gasteiger charge is 2.16. The quantitative estimate of drug-likeness (QED) is 0.750. The van der Waals surface area contributed by atoms with Crippen molar-refractivity contribution < 1.29 is 4.79 Å². The molecule has 2 aromatic carbocycles. The van der Waals surface area contributed by atoms with Crippen molar-refractivity contribution in [2.75, 3.05) is 0 Å². The molecule has 3 aromatic rings. The number of carbonyl (C=O) groups excluding carboxylic acids is 1. The van der Waals surface area contributed by atoms with Crippen LogP contribution in [0.15, 0.2) is 67.0 Å². The molecule has 0 aliphatic rings. The smallest absolute Gasteiger partial charge is 0.224 e. The molecule has 1 N–H and O–H groups in total. The number of benzene rings is 2. The summed E-state index contributed by atoms with van der Waals surface area (Å²) in [6, 6.07) is 16.9. The molecule has 5 nitrogen and oxygen atoms in total. The second-order valence-electron chi connectivity index (χ2n) is 5.42. The molecule has 3 rings (SSSR count). The summed E-state index contributed by atoms with van der Waals surface area (Å²) in [6.07, 6.45) is 3.54. The van der Waals surface area contributed by atoms with E-state index in [9.17, 15) is 4.79 Å². The summed E-state index contributed by atoms with van der Waals surface area (Å²) in [7, 11) is 0. The van der Waals surface area contributed by atoms with Gasteiger partial charge in [0.25, 0.3) is 0 Å². The molecule has 1 amide bonds. The van der Waals surface area contributed by atoms with Crippen molar-refractivity contribution in [2.24, 2.45) is 0 Å². The first kappa shape index (κ1) is 16.2. The van der Waals surface area contributed by atoms with E-state index in [-0.39, 0.29) is 11.9 Å². The largest absolute Gasteiger partial charge is 0.347 e. The second-order valence-corrected chi connectivity index (χ2v) is 5.85. The number of aromatic nitrogens is 3. The molecule has 0 radical (unpaired) electrons. The van der Waals surface area contributed by atoms with Gasteiger partial charge in [-0.05, 0) is 23.3 Å². The second kappa shape index (κ2) is 7.75. The number of rotatable bonds is 6. The molecule has 24 heavy (non-hydrogen) atoms. The Morgan fingerprint density at radius 2 is 1.71 bits per heavy atom. The predicted octanol–water partition coefficient (Wildman–Crippen LogP) is 3.03. The Morgan fingerprint density at radius 3 is 2.38 bits per heavy atom. The van der Waals surface area contributed by atoms with Crippen LogP contribution in [0.5, 0.6) is 0 Å². The van der Waals surface area contributed by atoms with Crippen LogP contribution in [-0.4, -0.2) is 20.9 Å². The fourth-order valence-electron chi connectivity index (χ4n) is 2.45. The van der Waals surface area contributed by atoms with E-state index >= 15 is 0 Å². The van der Waals surface area contributed by atoms with Crippen LogP contribution in [0.1, 0.15) is 17.2 Å². The zero-order valence-corrected chi connectivity index (χ0v) is 13.7. The van der Waals surface area contributed by atoms with Crippen molar-refractivity contribution in [3.8, 4) is 0 Å². The molecule has 1 aromatic heterocycles. The van der Waals surface area contributed by atoms with E-state index in [2.05, 4.69) is 15.5 Å². The Morgan fingerprint density at radius 1 is 1.04 bits per heavy atom. The van der Waals surface area contributed by atoms with E-state index in [0.717, 1.165) is 11.1 Å². The fourth-order valence-corrected chi connectivity index (χ4v) is 2.58. The number of amides is 1. The van der Waals surface area contributed by atoms with Gasteiger partial charge in [0.2, 0.25) is 5.91 Å². The van der Waals surface area contributed by atoms with Gasteiger partial charge in [0, 0.05) is 5.02 Å². The van der Waals surface area contributed by atoms with Gasteiger partial charge in [-0.1, -0.05) is 54.1 Å². The van der Waals surface area contributed by atoms with E-state index in [1.165, 1.54) is 0 Å². The van der Waals surface area contributed by atoms with Crippen LogP contribution in [0.2, 0.25) is 5.02 Å². The molecular weight excluding hydrogens is 324 g/mol. The van der Waals surface area contributed by atoms with Crippen molar-refractivity contribution in [2.45, 2.75) is 19.0 Å². The van der Waals surface area contributed by atoms with Crippen LogP contribution in [-0.2, 0) is 17.8 Å². The summed E-state index contributed by atoms with van der Waals surface area (Å²) in [6.45, 7) is 0.476. The summed E-state index contributed by atoms with van der Waals surface area (Å²) < 4.78 is 0. The molecule has 0 spiro atoms. The lowest BCUT2D eigenvalue weighted by Gasteiger charge is -2.19. The number of hydrogen-bond acceptors (Lipinski definition) is 3. The normalized spacial score (nSPS) is 11.9. The maximum absolute atomic E-state index is 12.4. The molecular formula is C18H17ClN4O. The van der Waals surface area contributed by atoms with Gasteiger partial charge in [0.05, 0.1) is 31.4 Å². The van der Waals surface area contributed by atoms with Crippen LogP contribution in [0.3, 0.4) is 0 Å². The molecule has 122 valence electrons. The number of nitrogens with zero attached hydrogens (tertiary/aromatic N) is 3. The highest BCUT2D eigenvalue weighted by Crippen LogP contribution is 2.15. The Bertz CT molecular complexity index is 773. The standard InChI is InChI=1S/C18H17ClN4O/c19-16-8-6-14(7-9-16)12-18(24)22-17(13-23-20-10-11-21-23)15-4-2-1-3-5-15/h1-11,17H,12-13H2,(H,22,24). The third kappa shape index (κ3) is 4.43. The molecule has 1 atom stereocenters. The summed E-state index contributed by atoms with van der Waals surface area (Å²) in [4.78, 5) is 14.0. The van der Waals surface area contributed by atoms with Crippen molar-refractivity contribution in [1.29, 1.82) is 0 Å². The number of hydrogen-bond donors (Lipinski definition) is 1. The van der Waals surface area contributed by atoms with Gasteiger partial charge in [0.1, 0.15) is 0 Å². The monoisotopic (exact) mass is 340 g/mol. The van der Waals surface area contributed by atoms with Crippen LogP contribution >= 0.6 is 11.6 Å². The van der Waals surface area contributed by atoms with Gasteiger partial charge in [-0.3, -0.25) is 4.79 Å². The van der Waals surface area contributed by atoms with Crippen LogP contribution in [0, 0.1) is 0 Å². The average Bonchev–Trinajstić information content (AvgIpc) is 3.10. The molecule has 0 aliphatic carbocycles. The highest BCUT2D eigenvalue weighted by atomic mass is 35.5. The first-order chi connectivity index (χ1) is 11.7. The van der Waals surface area contributed by atoms with Gasteiger partial charge >= 0.3 is 0 Å². The zero-order valence-electron chi connectivity index (χ0n) is 13.0. The predicted molar refractivity (Wildman–Crippen MR) is 92.5 cm³/mol. The van der Waals surface area contributed by atoms with Gasteiger partial charge in [-0.25, -0.2) is 0 Å². The lowest BCUT2D eigenvalue weighted by molar-refractivity contribution is -0.121. The fraction of sp³-hybridized carbons (Fsp3) is 0.167. The third-order valence-corrected chi connectivity index (χ3v) is 3.88. The molecule has 1 unspecified atom stereocenters. The molecule has 0 saturated carbocycles. The third-order valence-electron chi connectivity index (χ3n) is 3.63. The van der Waals surface area contributed by atoms with Crippen LogP contribution in [0.4, 0.5) is 0 Å². The molecule has 6 heteroatoms. The lowest BCUT2D eigenvalue weighted by Crippen LogP contribution is -2.33. The van der Waals surface area contributed by atoms with E-state index in [4.69, 9.17) is 11.6 Å². The first-order valence-corrected chi connectivity index (χ1v) is 8.01. The molecule has 0 aliphatic heterocycles. The van der Waals surface area contributed by atoms with Crippen molar-refractivity contribution in [3.05, 3.63) is 83.1 Å². The van der Waals surface area contributed by atoms with Crippen LogP contribution in [0.25, 0.3) is 0 Å². The minimum absolute atomic E-state index is 0.0571. The summed E-state index contributed by atoms with van der Waals surface area (Å²) >= 11 is 5.87. The van der Waals surface area contributed by atoms with Crippen LogP contribution < -0.4 is 5.32 Å². The van der Waals surface area contributed by atoms with E-state index in [1.54, 1.807) is 29.3 Å². The van der Waals surface area contributed by atoms with Gasteiger partial charge in [0.15, 0.2) is 0 Å². The van der Waals surface area contributed by atoms with E-state index < -0.39 is 0 Å². The Hall–Kier alpha value is -2.66. The Kier molecular flexibility index (Phi) is 5.23. The SMILES string of the molecule is O=C(Cc1ccc(Cl)cc1)NC(Cn1nccn1)c1ccccc1. The highest BCUT2D eigenvalue weighted by molar-refractivity contribution is 6.30. The first-order valence-electron chi connectivity index (χ1n) is 7.63. The maximum Gasteiger partial charge on any atom is 0.224 e. The maximum atomic E-state index is 12.4. The van der Waals surface area contributed by atoms with Gasteiger partial charge in [-0.2, -0.15) is 15.0 Å². The molecule has 0 fully saturated rings. The minimum Gasteiger partial charge on any atom is -0.347 e. The number of nitrogens with one attached hydrogen (secondary N) is 1. The summed E-state index contributed by atoms with van der Waals surface area (Å²) in [5, 5.41) is 12.0. The van der Waals surface area contributed by atoms with Crippen molar-refractivity contribution in [3.63, 3.8) is 0 Å². The van der Waals surface area contributed by atoms with E-state index in [1.807, 2.05) is 42.5 Å². The summed E-state index contributed by atoms with van der Waals surface area (Å²) in [5.74, 6) is -0.0571. The minimum atomic E-state index is -0.196. The Balaban J connectivity index is 1.71. The zero-order chi connectivity index (χ0) is 16.8. The van der Waals surface area contributed by atoms with Crippen molar-refractivity contribution in [1.82, 2.24) is 20.3 Å².